The molecule has 30 heavy (non-hydrogen) atoms. The van der Waals surface area contributed by atoms with Crippen molar-refractivity contribution in [3.63, 3.8) is 0 Å². The number of alkyl halides is 3. The Kier molecular flexibility index (Phi) is 4.67. The maximum absolute atomic E-state index is 15.0. The standard InChI is InChI=1S/C19H14F4N2O5/c20-10-7-13(25(8-10)18(27)28)17(26)24-12-3-1-2-11(16(12)21)9-4-5-14-15(6-9)30-19(22,23)29-14/h1-6,10,13H,7-8H2,(H,24,26)(H,27,28)/t10-,13+/m1/s1. The number of anilines is 1. The van der Waals surface area contributed by atoms with Crippen LogP contribution in [0.5, 0.6) is 11.5 Å². The van der Waals surface area contributed by atoms with Gasteiger partial charge in [-0.15, -0.1) is 8.78 Å². The Morgan fingerprint density at radius 3 is 2.63 bits per heavy atom. The van der Waals surface area contributed by atoms with E-state index in [2.05, 4.69) is 14.8 Å². The summed E-state index contributed by atoms with van der Waals surface area (Å²) in [5.41, 5.74) is -0.118. The maximum Gasteiger partial charge on any atom is 0.586 e. The summed E-state index contributed by atoms with van der Waals surface area (Å²) in [7, 11) is 0. The van der Waals surface area contributed by atoms with Crippen molar-refractivity contribution in [1.29, 1.82) is 0 Å². The van der Waals surface area contributed by atoms with E-state index in [1.807, 2.05) is 0 Å². The van der Waals surface area contributed by atoms with E-state index in [1.165, 1.54) is 30.3 Å². The summed E-state index contributed by atoms with van der Waals surface area (Å²) in [6, 6.07) is 6.41. The van der Waals surface area contributed by atoms with Crippen LogP contribution in [0, 0.1) is 5.82 Å². The second-order valence-electron chi connectivity index (χ2n) is 6.77. The van der Waals surface area contributed by atoms with Gasteiger partial charge in [-0.1, -0.05) is 18.2 Å². The molecule has 0 aromatic heterocycles. The van der Waals surface area contributed by atoms with E-state index in [0.717, 1.165) is 6.07 Å². The number of carbonyl (C=O) groups is 2. The third kappa shape index (κ3) is 3.58. The van der Waals surface area contributed by atoms with E-state index < -0.39 is 42.9 Å². The van der Waals surface area contributed by atoms with E-state index in [0.29, 0.717) is 4.90 Å². The molecule has 158 valence electrons. The highest BCUT2D eigenvalue weighted by atomic mass is 19.3. The van der Waals surface area contributed by atoms with E-state index >= 15 is 4.39 Å². The molecule has 1 fully saturated rings. The van der Waals surface area contributed by atoms with Gasteiger partial charge in [0, 0.05) is 12.0 Å². The van der Waals surface area contributed by atoms with Crippen LogP contribution in [0.1, 0.15) is 6.42 Å². The highest BCUT2D eigenvalue weighted by Crippen LogP contribution is 2.43. The van der Waals surface area contributed by atoms with Gasteiger partial charge in [-0.3, -0.25) is 9.69 Å². The van der Waals surface area contributed by atoms with Gasteiger partial charge in [0.25, 0.3) is 0 Å². The Morgan fingerprint density at radius 2 is 1.90 bits per heavy atom. The molecule has 7 nitrogen and oxygen atoms in total. The van der Waals surface area contributed by atoms with E-state index in [9.17, 15) is 22.8 Å². The molecule has 2 aliphatic heterocycles. The molecule has 2 aliphatic rings. The van der Waals surface area contributed by atoms with Crippen LogP contribution >= 0.6 is 0 Å². The summed E-state index contributed by atoms with van der Waals surface area (Å²) in [6.07, 6.45) is -7.11. The van der Waals surface area contributed by atoms with Crippen molar-refractivity contribution in [2.75, 3.05) is 11.9 Å². The lowest BCUT2D eigenvalue weighted by atomic mass is 10.0. The molecule has 2 heterocycles. The second-order valence-corrected chi connectivity index (χ2v) is 6.77. The first-order chi connectivity index (χ1) is 14.1. The van der Waals surface area contributed by atoms with Gasteiger partial charge in [0.1, 0.15) is 12.2 Å². The third-order valence-electron chi connectivity index (χ3n) is 4.77. The number of hydrogen-bond donors (Lipinski definition) is 2. The van der Waals surface area contributed by atoms with E-state index in [4.69, 9.17) is 5.11 Å². The molecule has 0 aliphatic carbocycles. The Bertz CT molecular complexity index is 1030. The third-order valence-corrected chi connectivity index (χ3v) is 4.77. The number of rotatable bonds is 3. The quantitative estimate of drug-likeness (QED) is 0.729. The number of carboxylic acid groups (broad SMARTS) is 1. The zero-order chi connectivity index (χ0) is 21.6. The van der Waals surface area contributed by atoms with Crippen LogP contribution in [0.4, 0.5) is 28.0 Å². The van der Waals surface area contributed by atoms with Gasteiger partial charge >= 0.3 is 12.4 Å². The van der Waals surface area contributed by atoms with Crippen LogP contribution in [-0.2, 0) is 4.79 Å². The molecule has 2 amide bonds. The van der Waals surface area contributed by atoms with Crippen LogP contribution in [0.25, 0.3) is 11.1 Å². The zero-order valence-corrected chi connectivity index (χ0v) is 15.1. The smallest absolute Gasteiger partial charge is 0.465 e. The molecule has 0 bridgehead atoms. The zero-order valence-electron chi connectivity index (χ0n) is 15.1. The summed E-state index contributed by atoms with van der Waals surface area (Å²) in [6.45, 7) is -0.447. The molecule has 11 heteroatoms. The molecule has 2 aromatic rings. The summed E-state index contributed by atoms with van der Waals surface area (Å²) in [5, 5.41) is 11.4. The topological polar surface area (TPSA) is 88.1 Å². The van der Waals surface area contributed by atoms with Crippen molar-refractivity contribution >= 4 is 17.7 Å². The lowest BCUT2D eigenvalue weighted by Crippen LogP contribution is -2.42. The molecule has 1 saturated heterocycles. The molecule has 4 rings (SSSR count). The Labute approximate surface area is 166 Å². The van der Waals surface area contributed by atoms with Gasteiger partial charge in [0.15, 0.2) is 17.3 Å². The molecule has 0 radical (unpaired) electrons. The maximum atomic E-state index is 15.0. The number of nitrogens with zero attached hydrogens (tertiary/aromatic N) is 1. The number of benzene rings is 2. The Hall–Kier alpha value is -3.50. The average molecular weight is 426 g/mol. The fourth-order valence-corrected chi connectivity index (χ4v) is 3.43. The van der Waals surface area contributed by atoms with Crippen molar-refractivity contribution in [3.8, 4) is 22.6 Å². The first kappa shape index (κ1) is 19.8. The minimum atomic E-state index is -3.82. The lowest BCUT2D eigenvalue weighted by molar-refractivity contribution is -0.286. The van der Waals surface area contributed by atoms with Crippen molar-refractivity contribution in [3.05, 3.63) is 42.2 Å². The molecule has 2 aromatic carbocycles. The van der Waals surface area contributed by atoms with Crippen LogP contribution in [0.15, 0.2) is 36.4 Å². The number of likely N-dealkylation sites (tertiary alicyclic amines) is 1. The number of hydrogen-bond acceptors (Lipinski definition) is 4. The van der Waals surface area contributed by atoms with Gasteiger partial charge in [-0.05, 0) is 23.8 Å². The predicted octanol–water partition coefficient (Wildman–Crippen LogP) is 3.84. The summed E-state index contributed by atoms with van der Waals surface area (Å²) >= 11 is 0. The SMILES string of the molecule is O=C(Nc1cccc(-c2ccc3c(c2)OC(F)(F)O3)c1F)[C@@H]1C[C@@H](F)CN1C(=O)O. The first-order valence-electron chi connectivity index (χ1n) is 8.78. The summed E-state index contributed by atoms with van der Waals surface area (Å²) < 4.78 is 63.6. The predicted molar refractivity (Wildman–Crippen MR) is 94.7 cm³/mol. The highest BCUT2D eigenvalue weighted by Gasteiger charge is 2.43. The van der Waals surface area contributed by atoms with Crippen LogP contribution in [0.2, 0.25) is 0 Å². The number of nitrogens with one attached hydrogen (secondary N) is 1. The van der Waals surface area contributed by atoms with E-state index in [1.54, 1.807) is 0 Å². The summed E-state index contributed by atoms with van der Waals surface area (Å²) in [5.74, 6) is -2.24. The van der Waals surface area contributed by atoms with E-state index in [-0.39, 0.29) is 34.7 Å². The van der Waals surface area contributed by atoms with Gasteiger partial charge in [0.05, 0.1) is 12.2 Å². The number of amides is 2. The number of fused-ring (bicyclic) bond motifs is 1. The van der Waals surface area contributed by atoms with Crippen LogP contribution < -0.4 is 14.8 Å². The molecule has 0 unspecified atom stereocenters. The molecule has 0 spiro atoms. The number of carbonyl (C=O) groups excluding carboxylic acids is 1. The second kappa shape index (κ2) is 7.08. The largest absolute Gasteiger partial charge is 0.586 e. The van der Waals surface area contributed by atoms with Crippen LogP contribution in [0.3, 0.4) is 0 Å². The van der Waals surface area contributed by atoms with Gasteiger partial charge < -0.3 is 19.9 Å². The molecular weight excluding hydrogens is 412 g/mol. The fourth-order valence-electron chi connectivity index (χ4n) is 3.43. The molecular formula is C19H14F4N2O5. The minimum absolute atomic E-state index is 0.0284. The van der Waals surface area contributed by atoms with Gasteiger partial charge in [0.2, 0.25) is 5.91 Å². The van der Waals surface area contributed by atoms with Crippen molar-refractivity contribution in [2.45, 2.75) is 24.9 Å². The number of halogens is 4. The van der Waals surface area contributed by atoms with Gasteiger partial charge in [-0.2, -0.15) is 0 Å². The molecule has 2 atom stereocenters. The summed E-state index contributed by atoms with van der Waals surface area (Å²) in [4.78, 5) is 24.3. The van der Waals surface area contributed by atoms with Crippen molar-refractivity contribution < 1.29 is 41.7 Å². The van der Waals surface area contributed by atoms with Crippen molar-refractivity contribution in [2.24, 2.45) is 0 Å². The van der Waals surface area contributed by atoms with Gasteiger partial charge in [-0.25, -0.2) is 13.6 Å². The van der Waals surface area contributed by atoms with Crippen molar-refractivity contribution in [1.82, 2.24) is 4.90 Å². The highest BCUT2D eigenvalue weighted by molar-refractivity contribution is 5.97. The fraction of sp³-hybridized carbons (Fsp3) is 0.263. The average Bonchev–Trinajstić information content (AvgIpc) is 3.21. The first-order valence-corrected chi connectivity index (χ1v) is 8.78. The molecule has 2 N–H and O–H groups in total. The van der Waals surface area contributed by atoms with Crippen LogP contribution in [-0.4, -0.2) is 47.1 Å². The normalized spacial score (nSPS) is 21.5. The lowest BCUT2D eigenvalue weighted by Gasteiger charge is -2.20. The minimum Gasteiger partial charge on any atom is -0.465 e. The molecule has 0 saturated carbocycles. The number of ether oxygens (including phenoxy) is 2. The Balaban J connectivity index is 1.59. The Morgan fingerprint density at radius 1 is 1.17 bits per heavy atom. The monoisotopic (exact) mass is 426 g/mol.